The summed E-state index contributed by atoms with van der Waals surface area (Å²) in [4.78, 5) is 12.1. The maximum atomic E-state index is 12.1. The molecule has 0 saturated heterocycles. The molecule has 0 aliphatic heterocycles. The molecule has 2 aromatic rings. The van der Waals surface area contributed by atoms with E-state index < -0.39 is 0 Å². The Hall–Kier alpha value is -2.29. The normalized spacial score (nSPS) is 11.2. The van der Waals surface area contributed by atoms with Gasteiger partial charge in [0.15, 0.2) is 5.78 Å². The summed E-state index contributed by atoms with van der Waals surface area (Å²) in [6.07, 6.45) is 0. The molecule has 0 bridgehead atoms. The molecule has 0 heterocycles. The monoisotopic (exact) mass is 283 g/mol. The first-order valence-electron chi connectivity index (χ1n) is 7.00. The Morgan fingerprint density at radius 3 is 2.19 bits per heavy atom. The van der Waals surface area contributed by atoms with Gasteiger partial charge in [0.1, 0.15) is 5.75 Å². The molecule has 0 radical (unpaired) electrons. The van der Waals surface area contributed by atoms with E-state index in [1.165, 1.54) is 6.92 Å². The molecule has 110 valence electrons. The molecule has 2 rings (SSSR count). The largest absolute Gasteiger partial charge is 0.507 e. The van der Waals surface area contributed by atoms with Crippen molar-refractivity contribution in [3.8, 4) is 16.9 Å². The minimum absolute atomic E-state index is 0.0727. The van der Waals surface area contributed by atoms with Gasteiger partial charge in [-0.25, -0.2) is 0 Å². The molecule has 0 spiro atoms. The van der Waals surface area contributed by atoms with Gasteiger partial charge in [-0.3, -0.25) is 4.79 Å². The van der Waals surface area contributed by atoms with Crippen LogP contribution in [0, 0.1) is 0 Å². The fraction of sp³-hybridized carbons (Fsp3) is 0.278. The van der Waals surface area contributed by atoms with Crippen LogP contribution in [0.25, 0.3) is 11.1 Å². The lowest BCUT2D eigenvalue weighted by atomic mass is 9.93. The predicted octanol–water partition coefficient (Wildman–Crippen LogP) is 4.47. The molecule has 0 aliphatic rings. The highest BCUT2D eigenvalue weighted by atomic mass is 16.3. The van der Waals surface area contributed by atoms with E-state index in [9.17, 15) is 9.90 Å². The number of rotatable bonds is 3. The molecule has 21 heavy (non-hydrogen) atoms. The molecule has 2 aromatic carbocycles. The molecule has 2 N–H and O–H groups in total. The lowest BCUT2D eigenvalue weighted by molar-refractivity contribution is 0.101. The first kappa shape index (κ1) is 15.1. The zero-order chi connectivity index (χ0) is 15.6. The number of anilines is 1. The van der Waals surface area contributed by atoms with Gasteiger partial charge in [0.05, 0.1) is 5.56 Å². The summed E-state index contributed by atoms with van der Waals surface area (Å²) >= 11 is 0. The van der Waals surface area contributed by atoms with Gasteiger partial charge in [-0.05, 0) is 45.4 Å². The number of hydrogen-bond acceptors (Lipinski definition) is 3. The quantitative estimate of drug-likeness (QED) is 0.645. The van der Waals surface area contributed by atoms with Crippen LogP contribution >= 0.6 is 0 Å². The van der Waals surface area contributed by atoms with Crippen molar-refractivity contribution in [3.63, 3.8) is 0 Å². The third kappa shape index (κ3) is 3.43. The van der Waals surface area contributed by atoms with Crippen LogP contribution in [0.1, 0.15) is 38.1 Å². The lowest BCUT2D eigenvalue weighted by Crippen LogP contribution is -2.27. The molecule has 0 aromatic heterocycles. The summed E-state index contributed by atoms with van der Waals surface area (Å²) in [5.74, 6) is 0.0439. The molecule has 0 amide bonds. The molecular formula is C18H21NO2. The van der Waals surface area contributed by atoms with Crippen molar-refractivity contribution in [1.29, 1.82) is 0 Å². The number of aromatic hydroxyl groups is 1. The Morgan fingerprint density at radius 1 is 1.05 bits per heavy atom. The summed E-state index contributed by atoms with van der Waals surface area (Å²) in [7, 11) is 0. The van der Waals surface area contributed by atoms with E-state index in [4.69, 9.17) is 0 Å². The predicted molar refractivity (Wildman–Crippen MR) is 86.9 cm³/mol. The average Bonchev–Trinajstić information content (AvgIpc) is 2.39. The first-order valence-corrected chi connectivity index (χ1v) is 7.00. The molecule has 3 nitrogen and oxygen atoms in total. The maximum Gasteiger partial charge on any atom is 0.162 e. The fourth-order valence-electron chi connectivity index (χ4n) is 2.36. The molecule has 0 aliphatic carbocycles. The molecule has 0 unspecified atom stereocenters. The van der Waals surface area contributed by atoms with Crippen LogP contribution in [-0.2, 0) is 0 Å². The summed E-state index contributed by atoms with van der Waals surface area (Å²) < 4.78 is 0. The molecule has 0 fully saturated rings. The Kier molecular flexibility index (Phi) is 4.03. The number of benzene rings is 2. The first-order chi connectivity index (χ1) is 9.79. The van der Waals surface area contributed by atoms with Gasteiger partial charge >= 0.3 is 0 Å². The van der Waals surface area contributed by atoms with Crippen molar-refractivity contribution >= 4 is 11.5 Å². The topological polar surface area (TPSA) is 49.3 Å². The standard InChI is InChI=1S/C18H21NO2/c1-12(20)16-14(19-18(2,3)4)10-11-15(21)17(16)13-8-6-5-7-9-13/h5-11,19,21H,1-4H3. The molecular weight excluding hydrogens is 262 g/mol. The number of phenols is 1. The highest BCUT2D eigenvalue weighted by molar-refractivity contribution is 6.07. The number of ketones is 1. The van der Waals surface area contributed by atoms with E-state index in [1.54, 1.807) is 12.1 Å². The van der Waals surface area contributed by atoms with E-state index in [0.29, 0.717) is 11.1 Å². The van der Waals surface area contributed by atoms with Crippen LogP contribution in [0.15, 0.2) is 42.5 Å². The maximum absolute atomic E-state index is 12.1. The Bertz CT molecular complexity index is 655. The van der Waals surface area contributed by atoms with Crippen molar-refractivity contribution in [1.82, 2.24) is 0 Å². The van der Waals surface area contributed by atoms with Crippen molar-refractivity contribution in [2.45, 2.75) is 33.2 Å². The van der Waals surface area contributed by atoms with Crippen molar-refractivity contribution in [2.75, 3.05) is 5.32 Å². The van der Waals surface area contributed by atoms with Gasteiger partial charge in [-0.1, -0.05) is 30.3 Å². The van der Waals surface area contributed by atoms with Gasteiger partial charge in [-0.2, -0.15) is 0 Å². The fourth-order valence-corrected chi connectivity index (χ4v) is 2.36. The van der Waals surface area contributed by atoms with Crippen LogP contribution in [-0.4, -0.2) is 16.4 Å². The lowest BCUT2D eigenvalue weighted by Gasteiger charge is -2.25. The zero-order valence-electron chi connectivity index (χ0n) is 12.9. The summed E-state index contributed by atoms with van der Waals surface area (Å²) in [5, 5.41) is 13.6. The second-order valence-electron chi connectivity index (χ2n) is 6.18. The Morgan fingerprint density at radius 2 is 1.67 bits per heavy atom. The minimum Gasteiger partial charge on any atom is -0.507 e. The van der Waals surface area contributed by atoms with E-state index in [1.807, 2.05) is 51.1 Å². The summed E-state index contributed by atoms with van der Waals surface area (Å²) in [6.45, 7) is 7.62. The second-order valence-corrected chi connectivity index (χ2v) is 6.18. The zero-order valence-corrected chi connectivity index (χ0v) is 12.9. The summed E-state index contributed by atoms with van der Waals surface area (Å²) in [5.41, 5.74) is 2.51. The third-order valence-corrected chi connectivity index (χ3v) is 3.11. The number of Topliss-reactive ketones (excluding diaryl/α,β-unsaturated/α-hetero) is 1. The van der Waals surface area contributed by atoms with Gasteiger partial charge in [0, 0.05) is 16.8 Å². The van der Waals surface area contributed by atoms with Crippen LogP contribution in [0.4, 0.5) is 5.69 Å². The SMILES string of the molecule is CC(=O)c1c(NC(C)(C)C)ccc(O)c1-c1ccccc1. The smallest absolute Gasteiger partial charge is 0.162 e. The number of phenolic OH excluding ortho intramolecular Hbond substituents is 1. The van der Waals surface area contributed by atoms with Gasteiger partial charge < -0.3 is 10.4 Å². The molecule has 0 atom stereocenters. The highest BCUT2D eigenvalue weighted by Crippen LogP contribution is 2.38. The molecule has 0 saturated carbocycles. The van der Waals surface area contributed by atoms with Gasteiger partial charge in [0.2, 0.25) is 0 Å². The van der Waals surface area contributed by atoms with E-state index in [0.717, 1.165) is 11.3 Å². The number of carbonyl (C=O) groups is 1. The van der Waals surface area contributed by atoms with Gasteiger partial charge in [-0.15, -0.1) is 0 Å². The van der Waals surface area contributed by atoms with Gasteiger partial charge in [0.25, 0.3) is 0 Å². The van der Waals surface area contributed by atoms with E-state index in [-0.39, 0.29) is 17.1 Å². The minimum atomic E-state index is -0.171. The summed E-state index contributed by atoms with van der Waals surface area (Å²) in [6, 6.07) is 12.9. The average molecular weight is 283 g/mol. The number of hydrogen-bond donors (Lipinski definition) is 2. The van der Waals surface area contributed by atoms with Crippen LogP contribution < -0.4 is 5.32 Å². The number of carbonyl (C=O) groups excluding carboxylic acids is 1. The van der Waals surface area contributed by atoms with Crippen molar-refractivity contribution in [3.05, 3.63) is 48.0 Å². The van der Waals surface area contributed by atoms with E-state index >= 15 is 0 Å². The Balaban J connectivity index is 2.69. The van der Waals surface area contributed by atoms with Crippen LogP contribution in [0.3, 0.4) is 0 Å². The molecule has 3 heteroatoms. The van der Waals surface area contributed by atoms with Crippen molar-refractivity contribution in [2.24, 2.45) is 0 Å². The van der Waals surface area contributed by atoms with Crippen LogP contribution in [0.5, 0.6) is 5.75 Å². The highest BCUT2D eigenvalue weighted by Gasteiger charge is 2.21. The van der Waals surface area contributed by atoms with E-state index in [2.05, 4.69) is 5.32 Å². The second kappa shape index (κ2) is 5.60. The Labute approximate surface area is 125 Å². The van der Waals surface area contributed by atoms with Crippen molar-refractivity contribution < 1.29 is 9.90 Å². The third-order valence-electron chi connectivity index (χ3n) is 3.11. The van der Waals surface area contributed by atoms with Crippen LogP contribution in [0.2, 0.25) is 0 Å². The number of nitrogens with one attached hydrogen (secondary N) is 1.